The molecule has 1 fully saturated rings. The van der Waals surface area contributed by atoms with Gasteiger partial charge in [-0.1, -0.05) is 0 Å². The second-order valence-corrected chi connectivity index (χ2v) is 9.77. The topological polar surface area (TPSA) is 141 Å². The van der Waals surface area contributed by atoms with E-state index in [4.69, 9.17) is 4.74 Å². The number of rotatable bonds is 8. The standard InChI is InChI=1S/C22H29N5O6S/c1-23-22(29)26-13-9-17(10-14-26)20(21(28)25-30)27(15-16-7-11-24-12-8-16)34(31,32)19-5-3-18(33-2)4-6-19/h3-8,11-12,17,20,30H,9-10,13-15H2,1-2H3,(H,23,29)(H,25,28)/t20-/m1/s1. The maximum atomic E-state index is 13.8. The molecule has 34 heavy (non-hydrogen) atoms. The van der Waals surface area contributed by atoms with Crippen LogP contribution < -0.4 is 15.5 Å². The molecule has 0 bridgehead atoms. The van der Waals surface area contributed by atoms with Crippen LogP contribution in [0.3, 0.4) is 0 Å². The lowest BCUT2D eigenvalue weighted by Crippen LogP contribution is -2.55. The number of aromatic nitrogens is 1. The van der Waals surface area contributed by atoms with Crippen molar-refractivity contribution in [3.05, 3.63) is 54.4 Å². The second-order valence-electron chi connectivity index (χ2n) is 7.88. The van der Waals surface area contributed by atoms with E-state index < -0.39 is 27.9 Å². The van der Waals surface area contributed by atoms with Crippen LogP contribution in [0.25, 0.3) is 0 Å². The molecule has 3 rings (SSSR count). The van der Waals surface area contributed by atoms with Crippen LogP contribution in [0.4, 0.5) is 4.79 Å². The maximum Gasteiger partial charge on any atom is 0.317 e. The highest BCUT2D eigenvalue weighted by atomic mass is 32.2. The number of nitrogens with zero attached hydrogens (tertiary/aromatic N) is 3. The number of urea groups is 1. The van der Waals surface area contributed by atoms with Crippen LogP contribution in [0.2, 0.25) is 0 Å². The molecule has 1 aromatic carbocycles. The SMILES string of the molecule is CNC(=O)N1CCC([C@H](C(=O)NO)N(Cc2ccncc2)S(=O)(=O)c2ccc(OC)cc2)CC1. The number of methoxy groups -OCH3 is 1. The lowest BCUT2D eigenvalue weighted by molar-refractivity contribution is -0.135. The summed E-state index contributed by atoms with van der Waals surface area (Å²) in [5, 5.41) is 12.1. The minimum atomic E-state index is -4.17. The Kier molecular flexibility index (Phi) is 8.42. The van der Waals surface area contributed by atoms with E-state index in [1.54, 1.807) is 22.5 Å². The summed E-state index contributed by atoms with van der Waals surface area (Å²) in [4.78, 5) is 30.4. The van der Waals surface area contributed by atoms with Crippen LogP contribution in [-0.2, 0) is 21.4 Å². The number of carbonyl (C=O) groups is 2. The van der Waals surface area contributed by atoms with Gasteiger partial charge in [-0.25, -0.2) is 18.7 Å². The number of hydrogen-bond donors (Lipinski definition) is 3. The lowest BCUT2D eigenvalue weighted by atomic mass is 9.88. The number of amides is 3. The van der Waals surface area contributed by atoms with Crippen molar-refractivity contribution in [2.24, 2.45) is 5.92 Å². The number of hydrogen-bond acceptors (Lipinski definition) is 7. The summed E-state index contributed by atoms with van der Waals surface area (Å²) in [6, 6.07) is 7.78. The van der Waals surface area contributed by atoms with Gasteiger partial charge in [0.1, 0.15) is 11.8 Å². The van der Waals surface area contributed by atoms with Gasteiger partial charge < -0.3 is 15.0 Å². The number of piperidine rings is 1. The Labute approximate surface area is 198 Å². The fourth-order valence-electron chi connectivity index (χ4n) is 4.11. The number of carbonyl (C=O) groups excluding carboxylic acids is 2. The molecule has 0 saturated carbocycles. The Hall–Kier alpha value is -3.22. The minimum Gasteiger partial charge on any atom is -0.497 e. The number of hydroxylamine groups is 1. The van der Waals surface area contributed by atoms with Crippen molar-refractivity contribution < 1.29 is 28.0 Å². The molecule has 11 nitrogen and oxygen atoms in total. The van der Waals surface area contributed by atoms with Crippen LogP contribution in [0, 0.1) is 5.92 Å². The Balaban J connectivity index is 2.00. The number of likely N-dealkylation sites (tertiary alicyclic amines) is 1. The Bertz CT molecular complexity index is 1070. The van der Waals surface area contributed by atoms with E-state index in [0.29, 0.717) is 37.2 Å². The van der Waals surface area contributed by atoms with Gasteiger partial charge in [-0.05, 0) is 60.7 Å². The highest BCUT2D eigenvalue weighted by molar-refractivity contribution is 7.89. The summed E-state index contributed by atoms with van der Waals surface area (Å²) in [7, 11) is -1.16. The molecule has 1 aliphatic heterocycles. The lowest BCUT2D eigenvalue weighted by Gasteiger charge is -2.39. The maximum absolute atomic E-state index is 13.8. The second kappa shape index (κ2) is 11.3. The normalized spacial score (nSPS) is 15.6. The third kappa shape index (κ3) is 5.64. The van der Waals surface area contributed by atoms with Gasteiger partial charge in [0, 0.05) is 39.1 Å². The number of pyridine rings is 1. The van der Waals surface area contributed by atoms with E-state index in [1.807, 2.05) is 0 Å². The van der Waals surface area contributed by atoms with Crippen LogP contribution in [0.1, 0.15) is 18.4 Å². The molecule has 0 spiro atoms. The molecule has 3 N–H and O–H groups in total. The van der Waals surface area contributed by atoms with Crippen molar-refractivity contribution in [2.45, 2.75) is 30.3 Å². The Morgan fingerprint density at radius 2 is 1.79 bits per heavy atom. The zero-order chi connectivity index (χ0) is 24.7. The first-order chi connectivity index (χ1) is 16.3. The smallest absolute Gasteiger partial charge is 0.317 e. The predicted molar refractivity (Wildman–Crippen MR) is 122 cm³/mol. The molecule has 1 aromatic heterocycles. The number of benzene rings is 1. The zero-order valence-corrected chi connectivity index (χ0v) is 19.9. The molecule has 1 aliphatic rings. The Morgan fingerprint density at radius 1 is 1.18 bits per heavy atom. The average Bonchev–Trinajstić information content (AvgIpc) is 2.88. The third-order valence-corrected chi connectivity index (χ3v) is 7.77. The van der Waals surface area contributed by atoms with Gasteiger partial charge >= 0.3 is 6.03 Å². The summed E-state index contributed by atoms with van der Waals surface area (Å²) in [6.45, 7) is 0.598. The molecule has 2 aromatic rings. The molecule has 3 amide bonds. The van der Waals surface area contributed by atoms with Gasteiger partial charge in [-0.2, -0.15) is 4.31 Å². The summed E-state index contributed by atoms with van der Waals surface area (Å²) in [6.07, 6.45) is 3.85. The van der Waals surface area contributed by atoms with Crippen LogP contribution in [0.15, 0.2) is 53.7 Å². The largest absolute Gasteiger partial charge is 0.497 e. The molecule has 0 radical (unpaired) electrons. The molecular weight excluding hydrogens is 462 g/mol. The monoisotopic (exact) mass is 491 g/mol. The predicted octanol–water partition coefficient (Wildman–Crippen LogP) is 1.21. The average molecular weight is 492 g/mol. The van der Waals surface area contributed by atoms with Gasteiger partial charge in [0.05, 0.1) is 12.0 Å². The van der Waals surface area contributed by atoms with E-state index in [2.05, 4.69) is 10.3 Å². The first kappa shape index (κ1) is 25.4. The summed E-state index contributed by atoms with van der Waals surface area (Å²) >= 11 is 0. The molecule has 1 atom stereocenters. The Morgan fingerprint density at radius 3 is 2.32 bits per heavy atom. The van der Waals surface area contributed by atoms with Crippen molar-refractivity contribution in [3.63, 3.8) is 0 Å². The van der Waals surface area contributed by atoms with E-state index in [-0.39, 0.29) is 17.5 Å². The number of sulfonamides is 1. The van der Waals surface area contributed by atoms with E-state index >= 15 is 0 Å². The van der Waals surface area contributed by atoms with Crippen molar-refractivity contribution in [2.75, 3.05) is 27.2 Å². The zero-order valence-electron chi connectivity index (χ0n) is 19.0. The fourth-order valence-corrected chi connectivity index (χ4v) is 5.74. The highest BCUT2D eigenvalue weighted by Gasteiger charge is 2.42. The third-order valence-electron chi connectivity index (χ3n) is 5.93. The van der Waals surface area contributed by atoms with Crippen LogP contribution >= 0.6 is 0 Å². The van der Waals surface area contributed by atoms with Crippen molar-refractivity contribution in [1.82, 2.24) is 25.0 Å². The molecule has 1 saturated heterocycles. The quantitative estimate of drug-likeness (QED) is 0.372. The first-order valence-corrected chi connectivity index (χ1v) is 12.2. The van der Waals surface area contributed by atoms with E-state index in [0.717, 1.165) is 4.31 Å². The number of nitrogens with one attached hydrogen (secondary N) is 2. The molecule has 12 heteroatoms. The van der Waals surface area contributed by atoms with Crippen LogP contribution in [0.5, 0.6) is 5.75 Å². The highest BCUT2D eigenvalue weighted by Crippen LogP contribution is 2.31. The summed E-state index contributed by atoms with van der Waals surface area (Å²) in [5.41, 5.74) is 2.28. The van der Waals surface area contributed by atoms with Gasteiger partial charge in [-0.15, -0.1) is 0 Å². The van der Waals surface area contributed by atoms with Gasteiger partial charge in [0.25, 0.3) is 5.91 Å². The van der Waals surface area contributed by atoms with Crippen LogP contribution in [-0.4, -0.2) is 73.0 Å². The van der Waals surface area contributed by atoms with Gasteiger partial charge in [0.2, 0.25) is 10.0 Å². The van der Waals surface area contributed by atoms with E-state index in [1.165, 1.54) is 50.8 Å². The molecular formula is C22H29N5O6S. The van der Waals surface area contributed by atoms with Gasteiger partial charge in [-0.3, -0.25) is 15.0 Å². The summed E-state index contributed by atoms with van der Waals surface area (Å²) in [5.74, 6) is -0.765. The van der Waals surface area contributed by atoms with Gasteiger partial charge in [0.15, 0.2) is 0 Å². The van der Waals surface area contributed by atoms with Crippen molar-refractivity contribution in [1.29, 1.82) is 0 Å². The first-order valence-electron chi connectivity index (χ1n) is 10.8. The molecule has 184 valence electrons. The van der Waals surface area contributed by atoms with Crippen molar-refractivity contribution >= 4 is 22.0 Å². The minimum absolute atomic E-state index is 0.0131. The van der Waals surface area contributed by atoms with Crippen molar-refractivity contribution in [3.8, 4) is 5.75 Å². The summed E-state index contributed by atoms with van der Waals surface area (Å²) < 4.78 is 33.8. The molecule has 0 aliphatic carbocycles. The molecule has 2 heterocycles. The fraction of sp³-hybridized carbons (Fsp3) is 0.409. The number of ether oxygens (including phenoxy) is 1. The molecule has 0 unspecified atom stereocenters. The van der Waals surface area contributed by atoms with E-state index in [9.17, 15) is 23.2 Å².